The molecule has 0 amide bonds. The van der Waals surface area contributed by atoms with Gasteiger partial charge in [-0.25, -0.2) is 4.85 Å². The molecule has 0 radical (unpaired) electrons. The molecule has 2 atom stereocenters. The van der Waals surface area contributed by atoms with Crippen molar-refractivity contribution in [2.75, 3.05) is 0 Å². The third kappa shape index (κ3) is 2.60. The molecule has 132 valence electrons. The van der Waals surface area contributed by atoms with E-state index in [-0.39, 0.29) is 6.10 Å². The molecule has 1 aliphatic rings. The Morgan fingerprint density at radius 2 is 1.92 bits per heavy atom. The van der Waals surface area contributed by atoms with Gasteiger partial charge in [0.2, 0.25) is 0 Å². The molecule has 4 heteroatoms. The van der Waals surface area contributed by atoms with Gasteiger partial charge in [0.1, 0.15) is 0 Å². The fourth-order valence-corrected chi connectivity index (χ4v) is 4.11. The lowest BCUT2D eigenvalue weighted by molar-refractivity contribution is 0.178. The van der Waals surface area contributed by atoms with Gasteiger partial charge in [0.05, 0.1) is 12.7 Å². The molecule has 1 aliphatic carbocycles. The second kappa shape index (κ2) is 6.26. The van der Waals surface area contributed by atoms with Crippen LogP contribution >= 0.6 is 0 Å². The monoisotopic (exact) mass is 345 g/mol. The van der Waals surface area contributed by atoms with Gasteiger partial charge in [0.15, 0.2) is 5.69 Å². The van der Waals surface area contributed by atoms with Gasteiger partial charge in [-0.15, -0.1) is 0 Å². The zero-order valence-corrected chi connectivity index (χ0v) is 15.5. The fraction of sp³-hybridized carbons (Fsp3) is 0.364. The van der Waals surface area contributed by atoms with Gasteiger partial charge in [0, 0.05) is 41.3 Å². The van der Waals surface area contributed by atoms with Crippen LogP contribution in [0.3, 0.4) is 0 Å². The first kappa shape index (κ1) is 16.8. The fourth-order valence-electron chi connectivity index (χ4n) is 4.11. The maximum absolute atomic E-state index is 10.0. The van der Waals surface area contributed by atoms with Crippen molar-refractivity contribution in [1.82, 2.24) is 9.55 Å². The lowest BCUT2D eigenvalue weighted by Gasteiger charge is -2.14. The Balaban J connectivity index is 2.01. The molecule has 4 nitrogen and oxygen atoms in total. The molecule has 3 aromatic rings. The summed E-state index contributed by atoms with van der Waals surface area (Å²) in [6.07, 6.45) is 8.42. The molecule has 1 N–H and O–H groups in total. The van der Waals surface area contributed by atoms with E-state index in [9.17, 15) is 5.11 Å². The van der Waals surface area contributed by atoms with E-state index < -0.39 is 0 Å². The van der Waals surface area contributed by atoms with Crippen LogP contribution in [0.5, 0.6) is 0 Å². The Hall–Kier alpha value is -2.64. The first-order valence-electron chi connectivity index (χ1n) is 9.12. The van der Waals surface area contributed by atoms with Gasteiger partial charge in [-0.05, 0) is 74.2 Å². The molecule has 0 bridgehead atoms. The molecule has 0 unspecified atom stereocenters. The SMILES string of the molecule is [C-]#[N+]c1cc2c(-c3cncc(C)c3C)cn([C@@H]3CC[C@@H](O)C3)c2cc1C. The normalized spacial score (nSPS) is 19.8. The molecule has 1 saturated carbocycles. The smallest absolute Gasteiger partial charge is 0.190 e. The zero-order chi connectivity index (χ0) is 18.4. The van der Waals surface area contributed by atoms with Crippen molar-refractivity contribution < 1.29 is 5.11 Å². The van der Waals surface area contributed by atoms with E-state index in [4.69, 9.17) is 6.57 Å². The van der Waals surface area contributed by atoms with Crippen LogP contribution in [0.15, 0.2) is 30.7 Å². The van der Waals surface area contributed by atoms with Crippen LogP contribution in [-0.2, 0) is 0 Å². The van der Waals surface area contributed by atoms with Crippen molar-refractivity contribution >= 4 is 16.6 Å². The minimum atomic E-state index is -0.216. The Morgan fingerprint density at radius 3 is 2.62 bits per heavy atom. The van der Waals surface area contributed by atoms with Gasteiger partial charge in [-0.1, -0.05) is 0 Å². The number of rotatable bonds is 2. The lowest BCUT2D eigenvalue weighted by atomic mass is 9.98. The van der Waals surface area contributed by atoms with Crippen molar-refractivity contribution in [3.05, 3.63) is 58.8 Å². The Kier molecular flexibility index (Phi) is 4.05. The number of aryl methyl sites for hydroxylation is 2. The average Bonchev–Trinajstić information content (AvgIpc) is 3.20. The van der Waals surface area contributed by atoms with Crippen LogP contribution in [0.4, 0.5) is 5.69 Å². The maximum atomic E-state index is 10.0. The van der Waals surface area contributed by atoms with E-state index in [2.05, 4.69) is 40.5 Å². The second-order valence-electron chi connectivity index (χ2n) is 7.47. The number of pyridine rings is 1. The predicted octanol–water partition coefficient (Wildman–Crippen LogP) is 5.27. The van der Waals surface area contributed by atoms with Crippen LogP contribution in [0.1, 0.15) is 42.0 Å². The number of fused-ring (bicyclic) bond motifs is 1. The summed E-state index contributed by atoms with van der Waals surface area (Å²) < 4.78 is 2.31. The highest BCUT2D eigenvalue weighted by Gasteiger charge is 2.26. The minimum Gasteiger partial charge on any atom is -0.393 e. The summed E-state index contributed by atoms with van der Waals surface area (Å²) in [5.74, 6) is 0. The van der Waals surface area contributed by atoms with Gasteiger partial charge in [0.25, 0.3) is 0 Å². The van der Waals surface area contributed by atoms with Gasteiger partial charge in [-0.2, -0.15) is 0 Å². The number of aromatic nitrogens is 2. The molecule has 2 heterocycles. The summed E-state index contributed by atoms with van der Waals surface area (Å²) in [6, 6.07) is 4.43. The number of aliphatic hydroxyl groups excluding tert-OH is 1. The van der Waals surface area contributed by atoms with Crippen LogP contribution < -0.4 is 0 Å². The molecule has 4 rings (SSSR count). The highest BCUT2D eigenvalue weighted by Crippen LogP contribution is 2.41. The number of nitrogens with zero attached hydrogens (tertiary/aromatic N) is 3. The maximum Gasteiger partial charge on any atom is 0.190 e. The highest BCUT2D eigenvalue weighted by molar-refractivity contribution is 5.99. The van der Waals surface area contributed by atoms with E-state index in [0.717, 1.165) is 52.4 Å². The molecular formula is C22H23N3O. The number of benzene rings is 1. The summed E-state index contributed by atoms with van der Waals surface area (Å²) in [5.41, 5.74) is 7.46. The molecule has 1 aromatic carbocycles. The van der Waals surface area contributed by atoms with Crippen LogP contribution in [0, 0.1) is 27.3 Å². The van der Waals surface area contributed by atoms with Crippen molar-refractivity contribution in [1.29, 1.82) is 0 Å². The zero-order valence-electron chi connectivity index (χ0n) is 15.5. The Labute approximate surface area is 153 Å². The Morgan fingerprint density at radius 1 is 1.12 bits per heavy atom. The summed E-state index contributed by atoms with van der Waals surface area (Å²) in [5, 5.41) is 11.1. The van der Waals surface area contributed by atoms with Crippen molar-refractivity contribution in [2.45, 2.75) is 52.2 Å². The van der Waals surface area contributed by atoms with Crippen LogP contribution in [-0.4, -0.2) is 20.8 Å². The molecule has 1 fully saturated rings. The molecule has 0 aliphatic heterocycles. The van der Waals surface area contributed by atoms with Crippen molar-refractivity contribution in [2.24, 2.45) is 0 Å². The highest BCUT2D eigenvalue weighted by atomic mass is 16.3. The summed E-state index contributed by atoms with van der Waals surface area (Å²) in [4.78, 5) is 8.10. The van der Waals surface area contributed by atoms with Crippen molar-refractivity contribution in [3.8, 4) is 11.1 Å². The van der Waals surface area contributed by atoms with Crippen molar-refractivity contribution in [3.63, 3.8) is 0 Å². The van der Waals surface area contributed by atoms with Crippen LogP contribution in [0.2, 0.25) is 0 Å². The van der Waals surface area contributed by atoms with E-state index in [1.165, 1.54) is 5.56 Å². The standard InChI is InChI=1S/C22H23N3O/c1-13-7-22-18(9-21(13)23-4)20(19-11-24-10-14(2)15(19)3)12-25(22)16-5-6-17(26)8-16/h7,9-12,16-17,26H,5-6,8H2,1-3H3/t16-,17-/m1/s1. The third-order valence-corrected chi connectivity index (χ3v) is 5.80. The first-order valence-corrected chi connectivity index (χ1v) is 9.12. The largest absolute Gasteiger partial charge is 0.393 e. The third-order valence-electron chi connectivity index (χ3n) is 5.80. The Bertz CT molecular complexity index is 1040. The molecule has 26 heavy (non-hydrogen) atoms. The average molecular weight is 345 g/mol. The van der Waals surface area contributed by atoms with Gasteiger partial charge in [-0.3, -0.25) is 4.98 Å². The minimum absolute atomic E-state index is 0.216. The second-order valence-corrected chi connectivity index (χ2v) is 7.47. The van der Waals surface area contributed by atoms with E-state index in [1.807, 2.05) is 25.4 Å². The van der Waals surface area contributed by atoms with E-state index in [0.29, 0.717) is 11.7 Å². The molecule has 0 spiro atoms. The summed E-state index contributed by atoms with van der Waals surface area (Å²) in [6.45, 7) is 13.7. The van der Waals surface area contributed by atoms with Gasteiger partial charge < -0.3 is 9.67 Å². The predicted molar refractivity (Wildman–Crippen MR) is 105 cm³/mol. The van der Waals surface area contributed by atoms with E-state index >= 15 is 0 Å². The quantitative estimate of drug-likeness (QED) is 0.643. The lowest BCUT2D eigenvalue weighted by Crippen LogP contribution is -2.06. The molecule has 0 saturated heterocycles. The topological polar surface area (TPSA) is 42.4 Å². The van der Waals surface area contributed by atoms with Crippen LogP contribution in [0.25, 0.3) is 26.9 Å². The first-order chi connectivity index (χ1) is 12.5. The number of hydrogen-bond acceptors (Lipinski definition) is 2. The van der Waals surface area contributed by atoms with Gasteiger partial charge >= 0.3 is 0 Å². The number of aliphatic hydroxyl groups is 1. The number of hydrogen-bond donors (Lipinski definition) is 1. The molecule has 2 aromatic heterocycles. The summed E-state index contributed by atoms with van der Waals surface area (Å²) >= 11 is 0. The summed E-state index contributed by atoms with van der Waals surface area (Å²) in [7, 11) is 0. The molecular weight excluding hydrogens is 322 g/mol. The van der Waals surface area contributed by atoms with E-state index in [1.54, 1.807) is 0 Å².